The third kappa shape index (κ3) is 4.08. The van der Waals surface area contributed by atoms with Gasteiger partial charge in [0.15, 0.2) is 0 Å². The normalized spacial score (nSPS) is 19.1. The minimum Gasteiger partial charge on any atom is -0.469 e. The van der Waals surface area contributed by atoms with E-state index in [4.69, 9.17) is 30.1 Å². The molecule has 1 aliphatic heterocycles. The van der Waals surface area contributed by atoms with Crippen molar-refractivity contribution in [2.75, 3.05) is 7.11 Å². The number of halogens is 1. The summed E-state index contributed by atoms with van der Waals surface area (Å²) in [6.45, 7) is 7.90. The van der Waals surface area contributed by atoms with Crippen molar-refractivity contribution in [1.82, 2.24) is 0 Å². The summed E-state index contributed by atoms with van der Waals surface area (Å²) in [5.74, 6) is 0.538. The van der Waals surface area contributed by atoms with Gasteiger partial charge < -0.3 is 18.5 Å². The van der Waals surface area contributed by atoms with Crippen molar-refractivity contribution in [2.24, 2.45) is 0 Å². The van der Waals surface area contributed by atoms with Crippen molar-refractivity contribution in [3.8, 4) is 11.3 Å². The molecule has 0 aliphatic carbocycles. The summed E-state index contributed by atoms with van der Waals surface area (Å²) in [4.78, 5) is 12.0. The molecule has 1 aromatic heterocycles. The lowest BCUT2D eigenvalue weighted by Gasteiger charge is -2.32. The minimum absolute atomic E-state index is 0.0981. The molecule has 1 aliphatic rings. The third-order valence-corrected chi connectivity index (χ3v) is 5.59. The molecule has 144 valence electrons. The van der Waals surface area contributed by atoms with Crippen molar-refractivity contribution in [3.63, 3.8) is 0 Å². The molecule has 0 spiro atoms. The van der Waals surface area contributed by atoms with E-state index in [0.29, 0.717) is 16.5 Å². The smallest absolute Gasteiger partial charge is 0.469 e. The maximum Gasteiger partial charge on any atom is 0.469 e. The standard InChI is InChI=1S/C20H24BClO5/c1-19(2)20(3,4)27-21(26-19)15(12-18(23)24-5)17-11-10-16(25-17)13-6-8-14(22)9-7-13/h6-11,15H,12H2,1-5H3. The van der Waals surface area contributed by atoms with E-state index in [1.54, 1.807) is 12.1 Å². The van der Waals surface area contributed by atoms with Gasteiger partial charge in [-0.3, -0.25) is 4.79 Å². The summed E-state index contributed by atoms with van der Waals surface area (Å²) < 4.78 is 23.2. The lowest BCUT2D eigenvalue weighted by atomic mass is 9.68. The summed E-state index contributed by atoms with van der Waals surface area (Å²) in [6.07, 6.45) is 0.0981. The monoisotopic (exact) mass is 390 g/mol. The van der Waals surface area contributed by atoms with Gasteiger partial charge in [0.25, 0.3) is 0 Å². The zero-order valence-corrected chi connectivity index (χ0v) is 17.0. The first-order chi connectivity index (χ1) is 12.6. The Kier molecular flexibility index (Phi) is 5.44. The number of hydrogen-bond acceptors (Lipinski definition) is 5. The molecule has 0 saturated carbocycles. The van der Waals surface area contributed by atoms with Crippen LogP contribution in [0.5, 0.6) is 0 Å². The predicted molar refractivity (Wildman–Crippen MR) is 105 cm³/mol. The molecule has 1 atom stereocenters. The van der Waals surface area contributed by atoms with E-state index in [2.05, 4.69) is 0 Å². The first-order valence-corrected chi connectivity index (χ1v) is 9.29. The van der Waals surface area contributed by atoms with Gasteiger partial charge in [-0.25, -0.2) is 0 Å². The van der Waals surface area contributed by atoms with Crippen LogP contribution in [-0.2, 0) is 18.8 Å². The highest BCUT2D eigenvalue weighted by Crippen LogP contribution is 2.42. The fraction of sp³-hybridized carbons (Fsp3) is 0.450. The quantitative estimate of drug-likeness (QED) is 0.538. The Bertz CT molecular complexity index is 796. The topological polar surface area (TPSA) is 57.9 Å². The Morgan fingerprint density at radius 3 is 2.22 bits per heavy atom. The molecule has 1 fully saturated rings. The van der Waals surface area contributed by atoms with Crippen molar-refractivity contribution < 1.29 is 23.3 Å². The van der Waals surface area contributed by atoms with E-state index in [0.717, 1.165) is 5.56 Å². The summed E-state index contributed by atoms with van der Waals surface area (Å²) in [6, 6.07) is 11.1. The van der Waals surface area contributed by atoms with Crippen LogP contribution in [0, 0.1) is 0 Å². The summed E-state index contributed by atoms with van der Waals surface area (Å²) in [5.41, 5.74) is -0.105. The SMILES string of the molecule is COC(=O)CC(B1OC(C)(C)C(C)(C)O1)c1ccc(-c2ccc(Cl)cc2)o1. The maximum absolute atomic E-state index is 12.0. The van der Waals surface area contributed by atoms with E-state index in [1.165, 1.54) is 7.11 Å². The average Bonchev–Trinajstić information content (AvgIpc) is 3.16. The lowest BCUT2D eigenvalue weighted by molar-refractivity contribution is -0.140. The van der Waals surface area contributed by atoms with Crippen LogP contribution in [0.15, 0.2) is 40.8 Å². The summed E-state index contributed by atoms with van der Waals surface area (Å²) in [7, 11) is 0.753. The molecule has 7 heteroatoms. The van der Waals surface area contributed by atoms with Crippen LogP contribution in [0.4, 0.5) is 0 Å². The second-order valence-electron chi connectivity index (χ2n) is 7.72. The molecule has 2 heterocycles. The number of furan rings is 1. The third-order valence-electron chi connectivity index (χ3n) is 5.34. The number of benzene rings is 1. The highest BCUT2D eigenvalue weighted by molar-refractivity contribution is 6.48. The predicted octanol–water partition coefficient (Wildman–Crippen LogP) is 4.88. The molecule has 0 N–H and O–H groups in total. The van der Waals surface area contributed by atoms with Crippen LogP contribution in [0.2, 0.25) is 5.02 Å². The zero-order chi connectivity index (χ0) is 19.8. The molecular weight excluding hydrogens is 366 g/mol. The fourth-order valence-electron chi connectivity index (χ4n) is 2.97. The van der Waals surface area contributed by atoms with Gasteiger partial charge in [0, 0.05) is 10.6 Å². The Hall–Kier alpha value is -1.76. The van der Waals surface area contributed by atoms with Gasteiger partial charge in [-0.2, -0.15) is 0 Å². The van der Waals surface area contributed by atoms with E-state index < -0.39 is 24.1 Å². The highest BCUT2D eigenvalue weighted by atomic mass is 35.5. The van der Waals surface area contributed by atoms with Crippen LogP contribution >= 0.6 is 11.6 Å². The van der Waals surface area contributed by atoms with Gasteiger partial charge in [-0.15, -0.1) is 0 Å². The van der Waals surface area contributed by atoms with E-state index in [9.17, 15) is 4.79 Å². The molecule has 1 aromatic carbocycles. The van der Waals surface area contributed by atoms with Crippen molar-refractivity contribution in [3.05, 3.63) is 47.2 Å². The number of carbonyl (C=O) groups is 1. The molecule has 3 rings (SSSR count). The second-order valence-corrected chi connectivity index (χ2v) is 8.16. The number of rotatable bonds is 5. The van der Waals surface area contributed by atoms with Gasteiger partial charge in [-0.1, -0.05) is 11.6 Å². The fourth-order valence-corrected chi connectivity index (χ4v) is 3.09. The molecule has 2 aromatic rings. The van der Waals surface area contributed by atoms with Gasteiger partial charge >= 0.3 is 13.1 Å². The summed E-state index contributed by atoms with van der Waals surface area (Å²) in [5, 5.41) is 0.659. The molecule has 1 saturated heterocycles. The first kappa shape index (κ1) is 20.0. The van der Waals surface area contributed by atoms with Gasteiger partial charge in [0.1, 0.15) is 11.5 Å². The molecule has 1 unspecified atom stereocenters. The largest absolute Gasteiger partial charge is 0.469 e. The lowest BCUT2D eigenvalue weighted by Crippen LogP contribution is -2.41. The Morgan fingerprint density at radius 1 is 1.07 bits per heavy atom. The van der Waals surface area contributed by atoms with Gasteiger partial charge in [0.2, 0.25) is 0 Å². The average molecular weight is 391 g/mol. The maximum atomic E-state index is 12.0. The molecule has 0 amide bonds. The number of esters is 1. The highest BCUT2D eigenvalue weighted by Gasteiger charge is 2.55. The van der Waals surface area contributed by atoms with Crippen LogP contribution in [0.3, 0.4) is 0 Å². The number of ether oxygens (including phenoxy) is 1. The van der Waals surface area contributed by atoms with E-state index in [-0.39, 0.29) is 12.4 Å². The molecule has 0 bridgehead atoms. The summed E-state index contributed by atoms with van der Waals surface area (Å²) >= 11 is 5.95. The minimum atomic E-state index is -0.613. The zero-order valence-electron chi connectivity index (χ0n) is 16.2. The Morgan fingerprint density at radius 2 is 1.67 bits per heavy atom. The first-order valence-electron chi connectivity index (χ1n) is 8.91. The molecule has 5 nitrogen and oxygen atoms in total. The van der Waals surface area contributed by atoms with Crippen molar-refractivity contribution >= 4 is 24.7 Å². The second kappa shape index (κ2) is 7.34. The number of carbonyl (C=O) groups excluding carboxylic acids is 1. The van der Waals surface area contributed by atoms with Crippen LogP contribution in [0.25, 0.3) is 11.3 Å². The van der Waals surface area contributed by atoms with Crippen molar-refractivity contribution in [2.45, 2.75) is 51.1 Å². The Balaban J connectivity index is 1.90. The van der Waals surface area contributed by atoms with E-state index >= 15 is 0 Å². The van der Waals surface area contributed by atoms with Crippen LogP contribution in [-0.4, -0.2) is 31.4 Å². The molecule has 0 radical (unpaired) electrons. The van der Waals surface area contributed by atoms with Crippen LogP contribution < -0.4 is 0 Å². The molecule has 27 heavy (non-hydrogen) atoms. The van der Waals surface area contributed by atoms with Gasteiger partial charge in [0.05, 0.1) is 30.5 Å². The number of hydrogen-bond donors (Lipinski definition) is 0. The molecular formula is C20H24BClO5. The van der Waals surface area contributed by atoms with Gasteiger partial charge in [-0.05, 0) is 64.1 Å². The van der Waals surface area contributed by atoms with Crippen LogP contribution in [0.1, 0.15) is 45.7 Å². The number of methoxy groups -OCH3 is 1. The Labute approximate surface area is 165 Å². The van der Waals surface area contributed by atoms with E-state index in [1.807, 2.05) is 52.0 Å². The van der Waals surface area contributed by atoms with Crippen molar-refractivity contribution in [1.29, 1.82) is 0 Å².